The Morgan fingerprint density at radius 2 is 1.73 bits per heavy atom. The molecule has 0 radical (unpaired) electrons. The summed E-state index contributed by atoms with van der Waals surface area (Å²) in [6, 6.07) is 14.0. The Morgan fingerprint density at radius 3 is 2.38 bits per heavy atom. The van der Waals surface area contributed by atoms with Gasteiger partial charge in [0, 0.05) is 42.8 Å². The maximum Gasteiger partial charge on any atom is 0.0973 e. The average Bonchev–Trinajstić information content (AvgIpc) is 3.13. The fraction of sp³-hybridized carbons (Fsp3) is 0.333. The minimum atomic E-state index is -0.660. The monoisotopic (exact) mass is 350 g/mol. The van der Waals surface area contributed by atoms with Crippen LogP contribution in [0.2, 0.25) is 0 Å². The highest BCUT2D eigenvalue weighted by Gasteiger charge is 2.22. The standard InChI is InChI=1S/C21H26N4O/c1-3-21(26,4-2)16-23-14-18-15-25(19-8-6-5-7-9-19)24-20(18)17-10-12-22-13-11-17/h5-13,15,23,26H,3-4,14,16H2,1-2H3. The molecule has 0 unspecified atom stereocenters. The molecule has 0 amide bonds. The van der Waals surface area contributed by atoms with E-state index in [0.29, 0.717) is 13.1 Å². The number of nitrogens with zero attached hydrogens (tertiary/aromatic N) is 3. The van der Waals surface area contributed by atoms with Crippen molar-refractivity contribution in [3.63, 3.8) is 0 Å². The second-order valence-corrected chi connectivity index (χ2v) is 6.55. The van der Waals surface area contributed by atoms with E-state index in [1.54, 1.807) is 12.4 Å². The summed E-state index contributed by atoms with van der Waals surface area (Å²) in [6.07, 6.45) is 7.07. The van der Waals surface area contributed by atoms with Crippen LogP contribution in [0.15, 0.2) is 61.1 Å². The molecule has 0 aliphatic rings. The molecule has 3 rings (SSSR count). The van der Waals surface area contributed by atoms with Gasteiger partial charge in [-0.15, -0.1) is 0 Å². The average molecular weight is 350 g/mol. The summed E-state index contributed by atoms with van der Waals surface area (Å²) in [7, 11) is 0. The number of pyridine rings is 1. The number of hydrogen-bond donors (Lipinski definition) is 2. The molecule has 136 valence electrons. The lowest BCUT2D eigenvalue weighted by molar-refractivity contribution is 0.0323. The summed E-state index contributed by atoms with van der Waals surface area (Å²) in [4.78, 5) is 4.10. The first kappa shape index (κ1) is 18.3. The SMILES string of the molecule is CCC(O)(CC)CNCc1cn(-c2ccccc2)nc1-c1ccncc1. The van der Waals surface area contributed by atoms with Crippen LogP contribution in [-0.2, 0) is 6.54 Å². The predicted octanol–water partition coefficient (Wildman–Crippen LogP) is 3.58. The van der Waals surface area contributed by atoms with E-state index in [0.717, 1.165) is 35.3 Å². The largest absolute Gasteiger partial charge is 0.389 e. The Labute approximate surface area is 154 Å². The van der Waals surface area contributed by atoms with Crippen molar-refractivity contribution in [3.8, 4) is 16.9 Å². The van der Waals surface area contributed by atoms with Crippen molar-refractivity contribution in [2.45, 2.75) is 38.8 Å². The zero-order valence-corrected chi connectivity index (χ0v) is 15.4. The second kappa shape index (κ2) is 8.25. The zero-order valence-electron chi connectivity index (χ0n) is 15.4. The quantitative estimate of drug-likeness (QED) is 0.652. The summed E-state index contributed by atoms with van der Waals surface area (Å²) in [5, 5.41) is 18.7. The van der Waals surface area contributed by atoms with Crippen LogP contribution in [0.3, 0.4) is 0 Å². The van der Waals surface area contributed by atoms with Crippen molar-refractivity contribution in [3.05, 3.63) is 66.6 Å². The molecule has 0 spiro atoms. The fourth-order valence-corrected chi connectivity index (χ4v) is 2.93. The highest BCUT2D eigenvalue weighted by atomic mass is 16.3. The predicted molar refractivity (Wildman–Crippen MR) is 104 cm³/mol. The summed E-state index contributed by atoms with van der Waals surface area (Å²) < 4.78 is 1.90. The van der Waals surface area contributed by atoms with Gasteiger partial charge in [0.05, 0.1) is 17.0 Å². The van der Waals surface area contributed by atoms with Gasteiger partial charge in [0.2, 0.25) is 0 Å². The van der Waals surface area contributed by atoms with Crippen molar-refractivity contribution in [2.75, 3.05) is 6.54 Å². The Morgan fingerprint density at radius 1 is 1.04 bits per heavy atom. The maximum atomic E-state index is 10.5. The van der Waals surface area contributed by atoms with Crippen LogP contribution in [0.25, 0.3) is 16.9 Å². The first-order chi connectivity index (χ1) is 12.6. The topological polar surface area (TPSA) is 63.0 Å². The van der Waals surface area contributed by atoms with Gasteiger partial charge < -0.3 is 10.4 Å². The van der Waals surface area contributed by atoms with E-state index in [9.17, 15) is 5.11 Å². The maximum absolute atomic E-state index is 10.5. The highest BCUT2D eigenvalue weighted by Crippen LogP contribution is 2.23. The molecular formula is C21H26N4O. The second-order valence-electron chi connectivity index (χ2n) is 6.55. The number of para-hydroxylation sites is 1. The Balaban J connectivity index is 1.86. The third kappa shape index (κ3) is 4.18. The minimum absolute atomic E-state index is 0.562. The van der Waals surface area contributed by atoms with Crippen LogP contribution in [0, 0.1) is 0 Å². The van der Waals surface area contributed by atoms with Crippen molar-refractivity contribution in [2.24, 2.45) is 0 Å². The number of aromatic nitrogens is 3. The lowest BCUT2D eigenvalue weighted by Crippen LogP contribution is -2.39. The molecule has 3 aromatic rings. The summed E-state index contributed by atoms with van der Waals surface area (Å²) in [5.74, 6) is 0. The van der Waals surface area contributed by atoms with E-state index >= 15 is 0 Å². The molecule has 1 aromatic carbocycles. The number of benzene rings is 1. The first-order valence-electron chi connectivity index (χ1n) is 9.12. The Bertz CT molecular complexity index is 811. The lowest BCUT2D eigenvalue weighted by Gasteiger charge is -2.25. The number of hydrogen-bond acceptors (Lipinski definition) is 4. The smallest absolute Gasteiger partial charge is 0.0973 e. The van der Waals surface area contributed by atoms with Gasteiger partial charge in [-0.3, -0.25) is 4.98 Å². The molecule has 0 aliphatic carbocycles. The van der Waals surface area contributed by atoms with Gasteiger partial charge in [-0.25, -0.2) is 4.68 Å². The fourth-order valence-electron chi connectivity index (χ4n) is 2.93. The van der Waals surface area contributed by atoms with Crippen LogP contribution in [-0.4, -0.2) is 32.0 Å². The number of nitrogens with one attached hydrogen (secondary N) is 1. The van der Waals surface area contributed by atoms with Crippen LogP contribution < -0.4 is 5.32 Å². The van der Waals surface area contributed by atoms with E-state index in [4.69, 9.17) is 5.10 Å². The third-order valence-corrected chi connectivity index (χ3v) is 4.85. The van der Waals surface area contributed by atoms with Gasteiger partial charge in [0.25, 0.3) is 0 Å². The van der Waals surface area contributed by atoms with Crippen LogP contribution in [0.1, 0.15) is 32.3 Å². The molecule has 0 bridgehead atoms. The first-order valence-corrected chi connectivity index (χ1v) is 9.12. The van der Waals surface area contributed by atoms with E-state index in [-0.39, 0.29) is 0 Å². The van der Waals surface area contributed by atoms with Gasteiger partial charge in [0.15, 0.2) is 0 Å². The van der Waals surface area contributed by atoms with Gasteiger partial charge in [-0.05, 0) is 37.1 Å². The minimum Gasteiger partial charge on any atom is -0.389 e. The Kier molecular flexibility index (Phi) is 5.81. The van der Waals surface area contributed by atoms with E-state index in [1.807, 2.05) is 61.0 Å². The molecule has 0 aliphatic heterocycles. The molecule has 0 fully saturated rings. The summed E-state index contributed by atoms with van der Waals surface area (Å²) >= 11 is 0. The van der Waals surface area contributed by atoms with Gasteiger partial charge in [0.1, 0.15) is 0 Å². The third-order valence-electron chi connectivity index (χ3n) is 4.85. The lowest BCUT2D eigenvalue weighted by atomic mass is 9.97. The molecule has 0 atom stereocenters. The zero-order chi connectivity index (χ0) is 18.4. The molecule has 0 saturated carbocycles. The van der Waals surface area contributed by atoms with Crippen molar-refractivity contribution in [1.29, 1.82) is 0 Å². The van der Waals surface area contributed by atoms with Crippen LogP contribution in [0.4, 0.5) is 0 Å². The molecule has 26 heavy (non-hydrogen) atoms. The van der Waals surface area contributed by atoms with Crippen molar-refractivity contribution < 1.29 is 5.11 Å². The molecule has 5 heteroatoms. The van der Waals surface area contributed by atoms with Gasteiger partial charge >= 0.3 is 0 Å². The normalized spacial score (nSPS) is 11.7. The van der Waals surface area contributed by atoms with Crippen LogP contribution in [0.5, 0.6) is 0 Å². The van der Waals surface area contributed by atoms with Crippen molar-refractivity contribution >= 4 is 0 Å². The Hall–Kier alpha value is -2.50. The molecule has 2 N–H and O–H groups in total. The van der Waals surface area contributed by atoms with E-state index in [2.05, 4.69) is 16.5 Å². The van der Waals surface area contributed by atoms with E-state index in [1.165, 1.54) is 0 Å². The van der Waals surface area contributed by atoms with Crippen LogP contribution >= 0.6 is 0 Å². The van der Waals surface area contributed by atoms with Gasteiger partial charge in [-0.2, -0.15) is 5.10 Å². The number of rotatable bonds is 8. The number of aliphatic hydroxyl groups is 1. The van der Waals surface area contributed by atoms with Gasteiger partial charge in [-0.1, -0.05) is 32.0 Å². The molecule has 2 aromatic heterocycles. The highest BCUT2D eigenvalue weighted by molar-refractivity contribution is 5.62. The molecule has 0 saturated heterocycles. The summed E-state index contributed by atoms with van der Waals surface area (Å²) in [6.45, 7) is 5.24. The molecule has 5 nitrogen and oxygen atoms in total. The summed E-state index contributed by atoms with van der Waals surface area (Å²) in [5.41, 5.74) is 3.42. The molecular weight excluding hydrogens is 324 g/mol. The van der Waals surface area contributed by atoms with E-state index < -0.39 is 5.60 Å². The molecule has 2 heterocycles. The van der Waals surface area contributed by atoms with Crippen molar-refractivity contribution in [1.82, 2.24) is 20.1 Å².